The largest absolute Gasteiger partial charge is 0.505 e. The number of imidazole rings is 1. The number of hydrogen-bond donors (Lipinski definition) is 2. The predicted molar refractivity (Wildman–Crippen MR) is 126 cm³/mol. The molecule has 0 atom stereocenters. The van der Waals surface area contributed by atoms with Gasteiger partial charge in [0.05, 0.1) is 29.0 Å². The van der Waals surface area contributed by atoms with Crippen LogP contribution in [0.4, 0.5) is 17.1 Å². The zero-order valence-electron chi connectivity index (χ0n) is 17.6. The first-order valence-corrected chi connectivity index (χ1v) is 10.2. The van der Waals surface area contributed by atoms with E-state index in [1.165, 1.54) is 0 Å². The van der Waals surface area contributed by atoms with Crippen molar-refractivity contribution in [3.8, 4) is 23.0 Å². The Kier molecular flexibility index (Phi) is 5.45. The lowest BCUT2D eigenvalue weighted by Gasteiger charge is -2.08. The first-order valence-electron chi connectivity index (χ1n) is 10.2. The molecule has 0 aliphatic carbocycles. The maximum absolute atomic E-state index is 10.8. The van der Waals surface area contributed by atoms with Crippen LogP contribution in [0.15, 0.2) is 94.5 Å². The molecule has 0 fully saturated rings. The maximum atomic E-state index is 10.8. The monoisotopic (exact) mass is 451 g/mol. The molecule has 0 unspecified atom stereocenters. The number of nitroso groups, excluding NO2 is 1. The SMILES string of the molecule is O=Nc1cc(/N=N/c2ccc3c(c2)nc(-c2ccccn2)n3Cc2ccccn2)c(O)cc1O. The van der Waals surface area contributed by atoms with Crippen molar-refractivity contribution in [2.45, 2.75) is 6.54 Å². The lowest BCUT2D eigenvalue weighted by atomic mass is 10.2. The number of aromatic nitrogens is 4. The second-order valence-electron chi connectivity index (χ2n) is 7.35. The van der Waals surface area contributed by atoms with E-state index in [-0.39, 0.29) is 17.1 Å². The molecule has 34 heavy (non-hydrogen) atoms. The fourth-order valence-corrected chi connectivity index (χ4v) is 3.50. The second-order valence-corrected chi connectivity index (χ2v) is 7.35. The molecule has 5 aromatic rings. The van der Waals surface area contributed by atoms with Gasteiger partial charge in [0.1, 0.15) is 22.9 Å². The van der Waals surface area contributed by atoms with Crippen molar-refractivity contribution in [3.05, 3.63) is 89.7 Å². The second kappa shape index (κ2) is 8.87. The number of phenols is 2. The number of hydrogen-bond acceptors (Lipinski definition) is 9. The molecule has 0 bridgehead atoms. The number of rotatable bonds is 6. The van der Waals surface area contributed by atoms with Crippen LogP contribution in [0.2, 0.25) is 0 Å². The van der Waals surface area contributed by atoms with Gasteiger partial charge in [0.2, 0.25) is 0 Å². The standard InChI is InChI=1S/C24H17N7O3/c32-22-13-23(33)20(30-34)12-19(22)29-28-15-7-8-21-18(11-15)27-24(17-6-2-4-10-26-17)31(21)14-16-5-1-3-9-25-16/h1-13,32-33H,14H2/b29-28+. The van der Waals surface area contributed by atoms with Crippen LogP contribution in [0.3, 0.4) is 0 Å². The molecule has 3 aromatic heterocycles. The van der Waals surface area contributed by atoms with Crippen molar-refractivity contribution in [2.24, 2.45) is 15.4 Å². The van der Waals surface area contributed by atoms with Crippen LogP contribution in [-0.2, 0) is 6.54 Å². The lowest BCUT2D eigenvalue weighted by molar-refractivity contribution is 0.452. The zero-order valence-corrected chi connectivity index (χ0v) is 17.6. The molecule has 0 saturated carbocycles. The van der Waals surface area contributed by atoms with Crippen LogP contribution < -0.4 is 0 Å². The average Bonchev–Trinajstić information content (AvgIpc) is 3.22. The van der Waals surface area contributed by atoms with Crippen molar-refractivity contribution in [1.82, 2.24) is 19.5 Å². The quantitative estimate of drug-likeness (QED) is 0.248. The highest BCUT2D eigenvalue weighted by molar-refractivity contribution is 5.83. The van der Waals surface area contributed by atoms with Crippen LogP contribution in [0, 0.1) is 4.91 Å². The van der Waals surface area contributed by atoms with Crippen LogP contribution in [0.5, 0.6) is 11.5 Å². The molecule has 0 saturated heterocycles. The van der Waals surface area contributed by atoms with E-state index in [4.69, 9.17) is 4.98 Å². The normalized spacial score (nSPS) is 11.3. The molecule has 0 amide bonds. The summed E-state index contributed by atoms with van der Waals surface area (Å²) in [6.07, 6.45) is 3.46. The molecular weight excluding hydrogens is 434 g/mol. The van der Waals surface area contributed by atoms with Gasteiger partial charge in [-0.15, -0.1) is 10.0 Å². The van der Waals surface area contributed by atoms with Gasteiger partial charge < -0.3 is 14.8 Å². The van der Waals surface area contributed by atoms with Gasteiger partial charge >= 0.3 is 0 Å². The lowest BCUT2D eigenvalue weighted by Crippen LogP contribution is -2.04. The van der Waals surface area contributed by atoms with Gasteiger partial charge in [0.25, 0.3) is 0 Å². The number of pyridine rings is 2. The summed E-state index contributed by atoms with van der Waals surface area (Å²) in [5.74, 6) is -0.0756. The Hall–Kier alpha value is -4.99. The number of fused-ring (bicyclic) bond motifs is 1. The molecule has 10 heteroatoms. The van der Waals surface area contributed by atoms with Gasteiger partial charge in [0, 0.05) is 24.5 Å². The molecular formula is C24H17N7O3. The van der Waals surface area contributed by atoms with Crippen molar-refractivity contribution in [3.63, 3.8) is 0 Å². The fourth-order valence-electron chi connectivity index (χ4n) is 3.50. The Balaban J connectivity index is 1.56. The van der Waals surface area contributed by atoms with Gasteiger partial charge in [0.15, 0.2) is 11.5 Å². The Labute approximate surface area is 192 Å². The minimum Gasteiger partial charge on any atom is -0.505 e. The summed E-state index contributed by atoms with van der Waals surface area (Å²) in [5.41, 5.74) is 3.39. The smallest absolute Gasteiger partial charge is 0.160 e. The fraction of sp³-hybridized carbons (Fsp3) is 0.0417. The summed E-state index contributed by atoms with van der Waals surface area (Å²) in [7, 11) is 0. The summed E-state index contributed by atoms with van der Waals surface area (Å²) in [4.78, 5) is 24.5. The molecule has 10 nitrogen and oxygen atoms in total. The third-order valence-corrected chi connectivity index (χ3v) is 5.12. The number of aromatic hydroxyl groups is 2. The predicted octanol–water partition coefficient (Wildman–Crippen LogP) is 5.77. The van der Waals surface area contributed by atoms with E-state index in [1.807, 2.05) is 47.0 Å². The van der Waals surface area contributed by atoms with Crippen LogP contribution in [-0.4, -0.2) is 29.7 Å². The van der Waals surface area contributed by atoms with E-state index < -0.39 is 5.75 Å². The zero-order chi connectivity index (χ0) is 23.5. The summed E-state index contributed by atoms with van der Waals surface area (Å²) >= 11 is 0. The Morgan fingerprint density at radius 1 is 0.824 bits per heavy atom. The van der Waals surface area contributed by atoms with E-state index in [0.717, 1.165) is 29.0 Å². The maximum Gasteiger partial charge on any atom is 0.160 e. The Morgan fingerprint density at radius 2 is 1.62 bits per heavy atom. The van der Waals surface area contributed by atoms with E-state index in [2.05, 4.69) is 25.4 Å². The number of phenolic OH excluding ortho intramolecular Hbond substituents is 2. The van der Waals surface area contributed by atoms with Gasteiger partial charge in [-0.25, -0.2) is 4.98 Å². The molecule has 0 spiro atoms. The molecule has 0 radical (unpaired) electrons. The summed E-state index contributed by atoms with van der Waals surface area (Å²) in [6.45, 7) is 0.507. The molecule has 0 aliphatic heterocycles. The topological polar surface area (TPSA) is 138 Å². The molecule has 5 rings (SSSR count). The highest BCUT2D eigenvalue weighted by atomic mass is 16.3. The van der Waals surface area contributed by atoms with Gasteiger partial charge in [-0.3, -0.25) is 9.97 Å². The van der Waals surface area contributed by atoms with E-state index in [9.17, 15) is 15.1 Å². The van der Waals surface area contributed by atoms with Gasteiger partial charge in [-0.1, -0.05) is 12.1 Å². The van der Waals surface area contributed by atoms with Crippen molar-refractivity contribution in [1.29, 1.82) is 0 Å². The third-order valence-electron chi connectivity index (χ3n) is 5.12. The molecule has 2 aromatic carbocycles. The average molecular weight is 451 g/mol. The van der Waals surface area contributed by atoms with E-state index in [0.29, 0.717) is 23.6 Å². The van der Waals surface area contributed by atoms with Crippen molar-refractivity contribution >= 4 is 28.1 Å². The Bertz CT molecular complexity index is 1520. The minimum atomic E-state index is -0.437. The van der Waals surface area contributed by atoms with Crippen molar-refractivity contribution in [2.75, 3.05) is 0 Å². The Morgan fingerprint density at radius 3 is 2.35 bits per heavy atom. The summed E-state index contributed by atoms with van der Waals surface area (Å²) < 4.78 is 2.04. The highest BCUT2D eigenvalue weighted by Crippen LogP contribution is 2.39. The molecule has 2 N–H and O–H groups in total. The van der Waals surface area contributed by atoms with Crippen LogP contribution in [0.25, 0.3) is 22.6 Å². The molecule has 0 aliphatic rings. The number of benzene rings is 2. The van der Waals surface area contributed by atoms with Crippen LogP contribution >= 0.6 is 0 Å². The third kappa shape index (κ3) is 4.07. The highest BCUT2D eigenvalue weighted by Gasteiger charge is 2.15. The van der Waals surface area contributed by atoms with Gasteiger partial charge in [-0.2, -0.15) is 5.11 Å². The molecule has 3 heterocycles. The first kappa shape index (κ1) is 20.9. The summed E-state index contributed by atoms with van der Waals surface area (Å²) in [6, 6.07) is 18.9. The number of nitrogens with zero attached hydrogens (tertiary/aromatic N) is 7. The van der Waals surface area contributed by atoms with E-state index in [1.54, 1.807) is 24.5 Å². The van der Waals surface area contributed by atoms with E-state index >= 15 is 0 Å². The first-order chi connectivity index (χ1) is 16.6. The van der Waals surface area contributed by atoms with Gasteiger partial charge in [-0.05, 0) is 47.6 Å². The number of azo groups is 1. The van der Waals surface area contributed by atoms with Crippen LogP contribution in [0.1, 0.15) is 5.69 Å². The minimum absolute atomic E-state index is 0.00218. The van der Waals surface area contributed by atoms with Crippen molar-refractivity contribution < 1.29 is 10.2 Å². The summed E-state index contributed by atoms with van der Waals surface area (Å²) in [5, 5.41) is 30.4. The molecule has 166 valence electrons.